The number of aliphatic carboxylic acids is 1. The Morgan fingerprint density at radius 2 is 2.25 bits per heavy atom. The topological polar surface area (TPSA) is 61.8 Å². The van der Waals surface area contributed by atoms with Gasteiger partial charge in [0, 0.05) is 13.2 Å². The average molecular weight is 286 g/mol. The van der Waals surface area contributed by atoms with E-state index in [2.05, 4.69) is 10.2 Å². The lowest BCUT2D eigenvalue weighted by atomic mass is 9.90. The maximum atomic E-state index is 11.4. The number of hydrogen-bond donors (Lipinski definition) is 2. The van der Waals surface area contributed by atoms with E-state index in [1.165, 1.54) is 6.42 Å². The van der Waals surface area contributed by atoms with Gasteiger partial charge < -0.3 is 20.1 Å². The third-order valence-electron chi connectivity index (χ3n) is 4.43. The van der Waals surface area contributed by atoms with Crippen molar-refractivity contribution in [3.63, 3.8) is 0 Å². The van der Waals surface area contributed by atoms with Crippen molar-refractivity contribution in [2.45, 2.75) is 57.6 Å². The maximum absolute atomic E-state index is 11.4. The van der Waals surface area contributed by atoms with Crippen LogP contribution in [0.25, 0.3) is 0 Å². The maximum Gasteiger partial charge on any atom is 0.323 e. The SMILES string of the molecule is CCOC1CCCN(CCCC(CC)(NC)C(=O)O)C1. The van der Waals surface area contributed by atoms with Crippen molar-refractivity contribution >= 4 is 5.97 Å². The van der Waals surface area contributed by atoms with Gasteiger partial charge >= 0.3 is 5.97 Å². The predicted molar refractivity (Wildman–Crippen MR) is 80.0 cm³/mol. The average Bonchev–Trinajstić information content (AvgIpc) is 2.44. The molecule has 0 aromatic rings. The van der Waals surface area contributed by atoms with Crippen LogP contribution in [-0.2, 0) is 9.53 Å². The van der Waals surface area contributed by atoms with Gasteiger partial charge in [0.2, 0.25) is 0 Å². The van der Waals surface area contributed by atoms with Crippen LogP contribution in [0.1, 0.15) is 46.0 Å². The van der Waals surface area contributed by atoms with Crippen LogP contribution in [0.5, 0.6) is 0 Å². The molecule has 5 nitrogen and oxygen atoms in total. The van der Waals surface area contributed by atoms with E-state index in [4.69, 9.17) is 4.74 Å². The van der Waals surface area contributed by atoms with E-state index in [9.17, 15) is 9.90 Å². The van der Waals surface area contributed by atoms with Crippen LogP contribution >= 0.6 is 0 Å². The number of carbonyl (C=O) groups is 1. The van der Waals surface area contributed by atoms with E-state index in [-0.39, 0.29) is 0 Å². The second-order valence-electron chi connectivity index (χ2n) is 5.61. The molecule has 2 atom stereocenters. The van der Waals surface area contributed by atoms with Crippen molar-refractivity contribution in [2.24, 2.45) is 0 Å². The summed E-state index contributed by atoms with van der Waals surface area (Å²) in [5, 5.41) is 12.4. The summed E-state index contributed by atoms with van der Waals surface area (Å²) in [6, 6.07) is 0. The molecule has 1 aliphatic rings. The number of carboxylic acids is 1. The smallest absolute Gasteiger partial charge is 0.323 e. The lowest BCUT2D eigenvalue weighted by molar-refractivity contribution is -0.145. The molecule has 0 bridgehead atoms. The third kappa shape index (κ3) is 4.72. The first-order valence-electron chi connectivity index (χ1n) is 7.84. The highest BCUT2D eigenvalue weighted by Gasteiger charge is 2.34. The van der Waals surface area contributed by atoms with Crippen LogP contribution in [0.4, 0.5) is 0 Å². The van der Waals surface area contributed by atoms with Crippen molar-refractivity contribution in [3.8, 4) is 0 Å². The van der Waals surface area contributed by atoms with E-state index in [1.54, 1.807) is 7.05 Å². The van der Waals surface area contributed by atoms with Gasteiger partial charge in [0.05, 0.1) is 6.10 Å². The van der Waals surface area contributed by atoms with Crippen molar-refractivity contribution in [3.05, 3.63) is 0 Å². The van der Waals surface area contributed by atoms with Gasteiger partial charge in [-0.15, -0.1) is 0 Å². The minimum absolute atomic E-state index is 0.355. The highest BCUT2D eigenvalue weighted by molar-refractivity contribution is 5.78. The predicted octanol–water partition coefficient (Wildman–Crippen LogP) is 1.72. The molecule has 1 saturated heterocycles. The van der Waals surface area contributed by atoms with Gasteiger partial charge in [-0.1, -0.05) is 6.92 Å². The lowest BCUT2D eigenvalue weighted by Crippen LogP contribution is -2.50. The zero-order valence-corrected chi connectivity index (χ0v) is 13.2. The minimum atomic E-state index is -0.769. The first-order chi connectivity index (χ1) is 9.57. The lowest BCUT2D eigenvalue weighted by Gasteiger charge is -2.34. The summed E-state index contributed by atoms with van der Waals surface area (Å²) in [6.45, 7) is 7.79. The largest absolute Gasteiger partial charge is 0.480 e. The second kappa shape index (κ2) is 8.60. The Morgan fingerprint density at radius 1 is 1.50 bits per heavy atom. The molecule has 0 aromatic heterocycles. The zero-order chi connectivity index (χ0) is 15.0. The highest BCUT2D eigenvalue weighted by Crippen LogP contribution is 2.19. The van der Waals surface area contributed by atoms with Crippen molar-refractivity contribution in [2.75, 3.05) is 33.3 Å². The van der Waals surface area contributed by atoms with Gasteiger partial charge in [0.1, 0.15) is 5.54 Å². The van der Waals surface area contributed by atoms with Gasteiger partial charge in [0.25, 0.3) is 0 Å². The molecule has 2 unspecified atom stereocenters. The Balaban J connectivity index is 2.37. The van der Waals surface area contributed by atoms with Crippen molar-refractivity contribution < 1.29 is 14.6 Å². The summed E-state index contributed by atoms with van der Waals surface area (Å²) in [6.07, 6.45) is 4.86. The van der Waals surface area contributed by atoms with E-state index in [0.29, 0.717) is 18.9 Å². The van der Waals surface area contributed by atoms with Crippen LogP contribution in [0.15, 0.2) is 0 Å². The van der Waals surface area contributed by atoms with Crippen LogP contribution in [-0.4, -0.2) is 60.9 Å². The molecule has 0 aromatic carbocycles. The molecule has 0 amide bonds. The fraction of sp³-hybridized carbons (Fsp3) is 0.933. The van der Waals surface area contributed by atoms with E-state index >= 15 is 0 Å². The molecular formula is C15H30N2O3. The summed E-state index contributed by atoms with van der Waals surface area (Å²) in [5.41, 5.74) is -0.769. The van der Waals surface area contributed by atoms with Crippen LogP contribution in [0.2, 0.25) is 0 Å². The first kappa shape index (κ1) is 17.4. The number of nitrogens with one attached hydrogen (secondary N) is 1. The molecule has 1 rings (SSSR count). The Labute approximate surface area is 122 Å². The molecule has 5 heteroatoms. The summed E-state index contributed by atoms with van der Waals surface area (Å²) < 4.78 is 5.69. The number of hydrogen-bond acceptors (Lipinski definition) is 4. The number of nitrogens with zero attached hydrogens (tertiary/aromatic N) is 1. The van der Waals surface area contributed by atoms with Gasteiger partial charge in [-0.25, -0.2) is 0 Å². The normalized spacial score (nSPS) is 23.4. The summed E-state index contributed by atoms with van der Waals surface area (Å²) in [7, 11) is 1.74. The van der Waals surface area contributed by atoms with E-state index < -0.39 is 11.5 Å². The highest BCUT2D eigenvalue weighted by atomic mass is 16.5. The molecule has 0 radical (unpaired) electrons. The molecule has 1 heterocycles. The van der Waals surface area contributed by atoms with Crippen LogP contribution in [0, 0.1) is 0 Å². The molecule has 1 aliphatic heterocycles. The number of likely N-dealkylation sites (tertiary alicyclic amines) is 1. The Morgan fingerprint density at radius 3 is 2.80 bits per heavy atom. The number of ether oxygens (including phenoxy) is 1. The van der Waals surface area contributed by atoms with E-state index in [0.717, 1.165) is 39.1 Å². The third-order valence-corrected chi connectivity index (χ3v) is 4.43. The molecule has 0 spiro atoms. The number of likely N-dealkylation sites (N-methyl/N-ethyl adjacent to an activating group) is 1. The Kier molecular flexibility index (Phi) is 7.48. The quantitative estimate of drug-likeness (QED) is 0.676. The summed E-state index contributed by atoms with van der Waals surface area (Å²) in [5.74, 6) is -0.742. The minimum Gasteiger partial charge on any atom is -0.480 e. The Hall–Kier alpha value is -0.650. The van der Waals surface area contributed by atoms with Crippen LogP contribution in [0.3, 0.4) is 0 Å². The Bertz CT molecular complexity index is 291. The van der Waals surface area contributed by atoms with E-state index in [1.807, 2.05) is 13.8 Å². The van der Waals surface area contributed by atoms with Gasteiger partial charge in [-0.05, 0) is 59.2 Å². The molecular weight excluding hydrogens is 256 g/mol. The summed E-state index contributed by atoms with van der Waals surface area (Å²) >= 11 is 0. The van der Waals surface area contributed by atoms with Crippen molar-refractivity contribution in [1.29, 1.82) is 0 Å². The van der Waals surface area contributed by atoms with Crippen molar-refractivity contribution in [1.82, 2.24) is 10.2 Å². The number of carboxylic acid groups (broad SMARTS) is 1. The number of piperidine rings is 1. The monoisotopic (exact) mass is 286 g/mol. The van der Waals surface area contributed by atoms with Gasteiger partial charge in [-0.3, -0.25) is 4.79 Å². The second-order valence-corrected chi connectivity index (χ2v) is 5.61. The molecule has 1 fully saturated rings. The molecule has 2 N–H and O–H groups in total. The molecule has 20 heavy (non-hydrogen) atoms. The fourth-order valence-electron chi connectivity index (χ4n) is 3.04. The fourth-order valence-corrected chi connectivity index (χ4v) is 3.04. The zero-order valence-electron chi connectivity index (χ0n) is 13.2. The van der Waals surface area contributed by atoms with Crippen LogP contribution < -0.4 is 5.32 Å². The van der Waals surface area contributed by atoms with Gasteiger partial charge in [-0.2, -0.15) is 0 Å². The molecule has 118 valence electrons. The standard InChI is InChI=1S/C15H30N2O3/c1-4-15(16-3,14(18)19)9-7-11-17-10-6-8-13(12-17)20-5-2/h13,16H,4-12H2,1-3H3,(H,18,19). The molecule has 0 saturated carbocycles. The molecule has 0 aliphatic carbocycles. The van der Waals surface area contributed by atoms with Gasteiger partial charge in [0.15, 0.2) is 0 Å². The first-order valence-corrected chi connectivity index (χ1v) is 7.84. The number of rotatable bonds is 9. The summed E-state index contributed by atoms with van der Waals surface area (Å²) in [4.78, 5) is 13.8.